The smallest absolute Gasteiger partial charge is 0.230 e. The van der Waals surface area contributed by atoms with Gasteiger partial charge in [-0.2, -0.15) is 0 Å². The first-order chi connectivity index (χ1) is 10.4. The first-order valence-corrected chi connectivity index (χ1v) is 8.30. The minimum atomic E-state index is -0.581. The molecule has 0 heterocycles. The van der Waals surface area contributed by atoms with E-state index >= 15 is 0 Å². The minimum absolute atomic E-state index is 0. The number of carbonyl (C=O) groups excluding carboxylic acids is 1. The molecule has 0 aliphatic heterocycles. The van der Waals surface area contributed by atoms with Crippen molar-refractivity contribution in [1.82, 2.24) is 15.5 Å². The molecule has 0 saturated heterocycles. The van der Waals surface area contributed by atoms with Crippen molar-refractivity contribution >= 4 is 35.8 Å². The number of aliphatic imine (C=N–C) groups is 1. The molecule has 0 aromatic rings. The Bertz CT molecular complexity index is 430. The average molecular weight is 438 g/mol. The van der Waals surface area contributed by atoms with Gasteiger partial charge in [0.25, 0.3) is 0 Å². The van der Waals surface area contributed by atoms with Crippen molar-refractivity contribution in [3.05, 3.63) is 0 Å². The lowest BCUT2D eigenvalue weighted by Gasteiger charge is -2.37. The van der Waals surface area contributed by atoms with Crippen LogP contribution < -0.4 is 10.6 Å². The van der Waals surface area contributed by atoms with Crippen LogP contribution in [0.5, 0.6) is 0 Å². The summed E-state index contributed by atoms with van der Waals surface area (Å²) in [4.78, 5) is 18.4. The lowest BCUT2D eigenvalue weighted by Crippen LogP contribution is -2.53. The highest BCUT2D eigenvalue weighted by molar-refractivity contribution is 14.0. The largest absolute Gasteiger partial charge is 0.388 e. The minimum Gasteiger partial charge on any atom is -0.388 e. The van der Waals surface area contributed by atoms with Gasteiger partial charge in [-0.15, -0.1) is 24.0 Å². The Morgan fingerprint density at radius 1 is 1.09 bits per heavy atom. The Morgan fingerprint density at radius 3 is 2.09 bits per heavy atom. The van der Waals surface area contributed by atoms with Crippen molar-refractivity contribution in [1.29, 1.82) is 0 Å². The van der Waals surface area contributed by atoms with E-state index in [2.05, 4.69) is 15.6 Å². The van der Waals surface area contributed by atoms with Gasteiger partial charge in [0.05, 0.1) is 11.0 Å². The average Bonchev–Trinajstić information content (AvgIpc) is 2.94. The number of nitrogens with one attached hydrogen (secondary N) is 2. The summed E-state index contributed by atoms with van der Waals surface area (Å²) in [5.41, 5.74) is -0.892. The molecule has 23 heavy (non-hydrogen) atoms. The van der Waals surface area contributed by atoms with Gasteiger partial charge in [-0.05, 0) is 32.1 Å². The molecule has 2 fully saturated rings. The predicted molar refractivity (Wildman–Crippen MR) is 103 cm³/mol. The molecular weight excluding hydrogens is 407 g/mol. The van der Waals surface area contributed by atoms with Crippen molar-refractivity contribution in [3.63, 3.8) is 0 Å². The fourth-order valence-corrected chi connectivity index (χ4v) is 3.48. The molecule has 2 aliphatic rings. The predicted octanol–water partition coefficient (Wildman–Crippen LogP) is 1.33. The molecule has 0 bridgehead atoms. The van der Waals surface area contributed by atoms with Crippen molar-refractivity contribution in [2.45, 2.75) is 50.5 Å². The zero-order valence-electron chi connectivity index (χ0n) is 14.5. The molecule has 7 heteroatoms. The van der Waals surface area contributed by atoms with Crippen LogP contribution in [0.15, 0.2) is 4.99 Å². The van der Waals surface area contributed by atoms with E-state index in [1.54, 1.807) is 11.9 Å². The van der Waals surface area contributed by atoms with Crippen LogP contribution in [0.4, 0.5) is 0 Å². The summed E-state index contributed by atoms with van der Waals surface area (Å²) in [5, 5.41) is 16.6. The van der Waals surface area contributed by atoms with E-state index in [0.717, 1.165) is 44.9 Å². The Morgan fingerprint density at radius 2 is 1.65 bits per heavy atom. The molecule has 3 N–H and O–H groups in total. The van der Waals surface area contributed by atoms with Crippen molar-refractivity contribution in [2.24, 2.45) is 10.4 Å². The molecule has 6 nitrogen and oxygen atoms in total. The summed E-state index contributed by atoms with van der Waals surface area (Å²) in [6.45, 7) is 1.11. The molecular formula is C16H31IN4O2. The third-order valence-corrected chi connectivity index (χ3v) is 5.11. The molecule has 0 unspecified atom stereocenters. The summed E-state index contributed by atoms with van der Waals surface area (Å²) in [7, 11) is 5.36. The zero-order valence-corrected chi connectivity index (χ0v) is 16.9. The second kappa shape index (κ2) is 8.50. The van der Waals surface area contributed by atoms with E-state index in [-0.39, 0.29) is 35.3 Å². The number of halogens is 1. The van der Waals surface area contributed by atoms with Gasteiger partial charge in [0.2, 0.25) is 5.91 Å². The normalized spacial score (nSPS) is 21.8. The SMILES string of the molecule is CN=C(NCC1(O)CCC1)NCC1(C(=O)N(C)C)CCCC1.I. The summed E-state index contributed by atoms with van der Waals surface area (Å²) in [6.07, 6.45) is 6.85. The van der Waals surface area contributed by atoms with Gasteiger partial charge >= 0.3 is 0 Å². The van der Waals surface area contributed by atoms with E-state index in [4.69, 9.17) is 0 Å². The molecule has 2 aliphatic carbocycles. The van der Waals surface area contributed by atoms with Crippen LogP contribution in [0.1, 0.15) is 44.9 Å². The number of amides is 1. The highest BCUT2D eigenvalue weighted by atomic mass is 127. The van der Waals surface area contributed by atoms with Crippen LogP contribution >= 0.6 is 24.0 Å². The van der Waals surface area contributed by atoms with Crippen molar-refractivity contribution < 1.29 is 9.90 Å². The van der Waals surface area contributed by atoms with Gasteiger partial charge in [-0.1, -0.05) is 12.8 Å². The third kappa shape index (κ3) is 4.95. The maximum atomic E-state index is 12.5. The molecule has 2 rings (SSSR count). The van der Waals surface area contributed by atoms with Crippen LogP contribution in [0.25, 0.3) is 0 Å². The third-order valence-electron chi connectivity index (χ3n) is 5.11. The summed E-state index contributed by atoms with van der Waals surface area (Å²) in [5.74, 6) is 0.865. The van der Waals surface area contributed by atoms with Crippen LogP contribution in [-0.2, 0) is 4.79 Å². The monoisotopic (exact) mass is 438 g/mol. The topological polar surface area (TPSA) is 77.0 Å². The second-order valence-corrected chi connectivity index (χ2v) is 7.04. The number of hydrogen-bond acceptors (Lipinski definition) is 3. The molecule has 0 spiro atoms. The number of hydrogen-bond donors (Lipinski definition) is 3. The molecule has 0 aromatic heterocycles. The molecule has 1 amide bonds. The van der Waals surface area contributed by atoms with Gasteiger partial charge in [0.1, 0.15) is 0 Å². The lowest BCUT2D eigenvalue weighted by atomic mass is 9.80. The Labute approximate surface area is 156 Å². The Balaban J connectivity index is 0.00000264. The number of guanidine groups is 1. The highest BCUT2D eigenvalue weighted by Gasteiger charge is 2.42. The maximum absolute atomic E-state index is 12.5. The molecule has 0 atom stereocenters. The van der Waals surface area contributed by atoms with Gasteiger partial charge in [-0.25, -0.2) is 0 Å². The van der Waals surface area contributed by atoms with Gasteiger partial charge in [0, 0.05) is 34.2 Å². The summed E-state index contributed by atoms with van der Waals surface area (Å²) >= 11 is 0. The Kier molecular flexibility index (Phi) is 7.57. The number of aliphatic hydroxyl groups is 1. The standard InChI is InChI=1S/C16H30N4O2.HI/c1-17-14(19-12-16(22)9-6-10-16)18-11-15(7-4-5-8-15)13(21)20(2)3;/h22H,4-12H2,1-3H3,(H2,17,18,19);1H. The van der Waals surface area contributed by atoms with E-state index in [1.807, 2.05) is 14.1 Å². The number of rotatable bonds is 5. The molecule has 2 saturated carbocycles. The van der Waals surface area contributed by atoms with E-state index in [9.17, 15) is 9.90 Å². The van der Waals surface area contributed by atoms with Crippen LogP contribution in [0.2, 0.25) is 0 Å². The fourth-order valence-electron chi connectivity index (χ4n) is 3.48. The van der Waals surface area contributed by atoms with E-state index < -0.39 is 5.60 Å². The van der Waals surface area contributed by atoms with Crippen molar-refractivity contribution in [3.8, 4) is 0 Å². The fraction of sp³-hybridized carbons (Fsp3) is 0.875. The number of carbonyl (C=O) groups is 1. The first-order valence-electron chi connectivity index (χ1n) is 8.30. The second-order valence-electron chi connectivity index (χ2n) is 7.04. The van der Waals surface area contributed by atoms with E-state index in [1.165, 1.54) is 0 Å². The first kappa shape index (κ1) is 20.5. The summed E-state index contributed by atoms with van der Waals surface area (Å²) < 4.78 is 0. The zero-order chi connectivity index (χ0) is 16.2. The van der Waals surface area contributed by atoms with Gasteiger partial charge in [-0.3, -0.25) is 9.79 Å². The lowest BCUT2D eigenvalue weighted by molar-refractivity contribution is -0.138. The van der Waals surface area contributed by atoms with Crippen LogP contribution in [0.3, 0.4) is 0 Å². The van der Waals surface area contributed by atoms with Gasteiger partial charge < -0.3 is 20.6 Å². The molecule has 0 radical (unpaired) electrons. The molecule has 0 aromatic carbocycles. The van der Waals surface area contributed by atoms with Crippen molar-refractivity contribution in [2.75, 3.05) is 34.2 Å². The van der Waals surface area contributed by atoms with Crippen LogP contribution in [0, 0.1) is 5.41 Å². The van der Waals surface area contributed by atoms with E-state index in [0.29, 0.717) is 19.0 Å². The summed E-state index contributed by atoms with van der Waals surface area (Å²) in [6, 6.07) is 0. The molecule has 134 valence electrons. The number of nitrogens with zero attached hydrogens (tertiary/aromatic N) is 2. The maximum Gasteiger partial charge on any atom is 0.230 e. The Hall–Kier alpha value is -0.570. The quantitative estimate of drug-likeness (QED) is 0.344. The van der Waals surface area contributed by atoms with Crippen LogP contribution in [-0.4, -0.2) is 61.7 Å². The van der Waals surface area contributed by atoms with Gasteiger partial charge in [0.15, 0.2) is 5.96 Å². The highest BCUT2D eigenvalue weighted by Crippen LogP contribution is 2.38.